The second-order valence-electron chi connectivity index (χ2n) is 3.07. The Morgan fingerprint density at radius 2 is 2.14 bits per heavy atom. The van der Waals surface area contributed by atoms with Crippen LogP contribution in [0.4, 0.5) is 0 Å². The first kappa shape index (κ1) is 12.2. The molecule has 0 saturated heterocycles. The third-order valence-electron chi connectivity index (χ3n) is 1.89. The van der Waals surface area contributed by atoms with Gasteiger partial charge in [0.15, 0.2) is 0 Å². The van der Waals surface area contributed by atoms with E-state index < -0.39 is 0 Å². The van der Waals surface area contributed by atoms with E-state index in [0.717, 1.165) is 11.3 Å². The third kappa shape index (κ3) is 3.35. The summed E-state index contributed by atoms with van der Waals surface area (Å²) in [6.45, 7) is 2.78. The predicted octanol–water partition coefficient (Wildman–Crippen LogP) is 3.57. The van der Waals surface area contributed by atoms with Gasteiger partial charge in [-0.3, -0.25) is 0 Å². The average Bonchev–Trinajstić information content (AvgIpc) is 2.20. The average molecular weight is 250 g/mol. The maximum absolute atomic E-state index is 6.04. The monoisotopic (exact) mass is 249 g/mol. The zero-order chi connectivity index (χ0) is 10.6. The summed E-state index contributed by atoms with van der Waals surface area (Å²) in [7, 11) is 0. The number of rotatable bonds is 4. The van der Waals surface area contributed by atoms with Gasteiger partial charge in [0.05, 0.1) is 10.0 Å². The Bertz CT molecular complexity index is 304. The van der Waals surface area contributed by atoms with Gasteiger partial charge < -0.3 is 5.73 Å². The SMILES string of the molecule is CC(CN)SCc1cccc(Cl)c1Cl. The predicted molar refractivity (Wildman–Crippen MR) is 66.3 cm³/mol. The maximum atomic E-state index is 6.04. The number of thioether (sulfide) groups is 1. The number of benzene rings is 1. The summed E-state index contributed by atoms with van der Waals surface area (Å²) in [4.78, 5) is 0. The van der Waals surface area contributed by atoms with Gasteiger partial charge in [0.2, 0.25) is 0 Å². The largest absolute Gasteiger partial charge is 0.329 e. The van der Waals surface area contributed by atoms with Crippen molar-refractivity contribution in [2.45, 2.75) is 17.9 Å². The molecule has 1 atom stereocenters. The molecule has 0 heterocycles. The van der Waals surface area contributed by atoms with Crippen LogP contribution < -0.4 is 5.73 Å². The number of halogens is 2. The summed E-state index contributed by atoms with van der Waals surface area (Å²) in [5.74, 6) is 0.859. The van der Waals surface area contributed by atoms with Crippen LogP contribution in [0.1, 0.15) is 12.5 Å². The fourth-order valence-corrected chi connectivity index (χ4v) is 2.27. The summed E-state index contributed by atoms with van der Waals surface area (Å²) in [5.41, 5.74) is 6.60. The van der Waals surface area contributed by atoms with Crippen LogP contribution in [0.2, 0.25) is 10.0 Å². The molecule has 4 heteroatoms. The number of nitrogens with two attached hydrogens (primary N) is 1. The lowest BCUT2D eigenvalue weighted by Crippen LogP contribution is -2.12. The second kappa shape index (κ2) is 5.86. The van der Waals surface area contributed by atoms with Crippen molar-refractivity contribution < 1.29 is 0 Å². The van der Waals surface area contributed by atoms with Gasteiger partial charge in [-0.1, -0.05) is 42.3 Å². The molecule has 0 radical (unpaired) electrons. The molecule has 0 amide bonds. The molecule has 0 saturated carbocycles. The van der Waals surface area contributed by atoms with Crippen LogP contribution in [-0.4, -0.2) is 11.8 Å². The molecule has 78 valence electrons. The van der Waals surface area contributed by atoms with Crippen molar-refractivity contribution in [1.82, 2.24) is 0 Å². The van der Waals surface area contributed by atoms with Gasteiger partial charge in [0.1, 0.15) is 0 Å². The molecule has 1 nitrogen and oxygen atoms in total. The Balaban J connectivity index is 2.63. The van der Waals surface area contributed by atoms with Gasteiger partial charge in [-0.05, 0) is 11.6 Å². The molecule has 0 spiro atoms. The molecule has 1 aromatic rings. The Kier molecular flexibility index (Phi) is 5.10. The standard InChI is InChI=1S/C10H13Cl2NS/c1-7(5-13)14-6-8-3-2-4-9(11)10(8)12/h2-4,7H,5-6,13H2,1H3. The van der Waals surface area contributed by atoms with Crippen LogP contribution in [0, 0.1) is 0 Å². The lowest BCUT2D eigenvalue weighted by molar-refractivity contribution is 0.951. The molecular formula is C10H13Cl2NS. The van der Waals surface area contributed by atoms with Gasteiger partial charge in [0.25, 0.3) is 0 Å². The van der Waals surface area contributed by atoms with Crippen LogP contribution in [0.25, 0.3) is 0 Å². The van der Waals surface area contributed by atoms with Crippen molar-refractivity contribution in [3.05, 3.63) is 33.8 Å². The number of hydrogen-bond donors (Lipinski definition) is 1. The molecule has 2 N–H and O–H groups in total. The fourth-order valence-electron chi connectivity index (χ4n) is 0.960. The minimum absolute atomic E-state index is 0.449. The van der Waals surface area contributed by atoms with Gasteiger partial charge in [0, 0.05) is 17.5 Å². The van der Waals surface area contributed by atoms with Crippen LogP contribution in [0.3, 0.4) is 0 Å². The first-order chi connectivity index (χ1) is 6.65. The van der Waals surface area contributed by atoms with E-state index in [1.165, 1.54) is 0 Å². The van der Waals surface area contributed by atoms with Crippen molar-refractivity contribution >= 4 is 35.0 Å². The summed E-state index contributed by atoms with van der Waals surface area (Å²) in [6.07, 6.45) is 0. The third-order valence-corrected chi connectivity index (χ3v) is 3.98. The highest BCUT2D eigenvalue weighted by molar-refractivity contribution is 7.99. The van der Waals surface area contributed by atoms with E-state index in [0.29, 0.717) is 21.8 Å². The minimum Gasteiger partial charge on any atom is -0.329 e. The molecule has 0 aromatic heterocycles. The molecule has 0 fully saturated rings. The van der Waals surface area contributed by atoms with Crippen molar-refractivity contribution in [2.75, 3.05) is 6.54 Å². The second-order valence-corrected chi connectivity index (χ2v) is 5.28. The molecule has 1 rings (SSSR count). The van der Waals surface area contributed by atoms with Gasteiger partial charge in [-0.25, -0.2) is 0 Å². The fraction of sp³-hybridized carbons (Fsp3) is 0.400. The van der Waals surface area contributed by atoms with E-state index in [2.05, 4.69) is 6.92 Å². The van der Waals surface area contributed by atoms with E-state index in [1.807, 2.05) is 12.1 Å². The molecule has 0 aliphatic carbocycles. The highest BCUT2D eigenvalue weighted by Crippen LogP contribution is 2.29. The summed E-state index contributed by atoms with van der Waals surface area (Å²) < 4.78 is 0. The zero-order valence-electron chi connectivity index (χ0n) is 7.97. The van der Waals surface area contributed by atoms with Crippen LogP contribution in [0.5, 0.6) is 0 Å². The molecule has 1 unspecified atom stereocenters. The van der Waals surface area contributed by atoms with Gasteiger partial charge >= 0.3 is 0 Å². The highest BCUT2D eigenvalue weighted by Gasteiger charge is 2.06. The van der Waals surface area contributed by atoms with E-state index in [-0.39, 0.29) is 0 Å². The summed E-state index contributed by atoms with van der Waals surface area (Å²) in [5, 5.41) is 1.72. The lowest BCUT2D eigenvalue weighted by Gasteiger charge is -2.09. The first-order valence-corrected chi connectivity index (χ1v) is 6.20. The smallest absolute Gasteiger partial charge is 0.0632 e. The van der Waals surface area contributed by atoms with E-state index in [1.54, 1.807) is 17.8 Å². The quantitative estimate of drug-likeness (QED) is 0.883. The molecule has 0 aliphatic rings. The van der Waals surface area contributed by atoms with Gasteiger partial charge in [-0.15, -0.1) is 0 Å². The van der Waals surface area contributed by atoms with Crippen LogP contribution in [0.15, 0.2) is 18.2 Å². The van der Waals surface area contributed by atoms with E-state index in [9.17, 15) is 0 Å². The number of hydrogen-bond acceptors (Lipinski definition) is 2. The zero-order valence-corrected chi connectivity index (χ0v) is 10.3. The van der Waals surface area contributed by atoms with Crippen LogP contribution >= 0.6 is 35.0 Å². The molecule has 1 aromatic carbocycles. The summed E-state index contributed by atoms with van der Waals surface area (Å²) in [6, 6.07) is 5.70. The topological polar surface area (TPSA) is 26.0 Å². The Labute approximate surface area is 99.0 Å². The highest BCUT2D eigenvalue weighted by atomic mass is 35.5. The molecule has 0 aliphatic heterocycles. The summed E-state index contributed by atoms with van der Waals surface area (Å²) >= 11 is 13.7. The van der Waals surface area contributed by atoms with Gasteiger partial charge in [-0.2, -0.15) is 11.8 Å². The molecule has 0 bridgehead atoms. The van der Waals surface area contributed by atoms with Crippen molar-refractivity contribution in [1.29, 1.82) is 0 Å². The maximum Gasteiger partial charge on any atom is 0.0632 e. The van der Waals surface area contributed by atoms with Crippen molar-refractivity contribution in [2.24, 2.45) is 5.73 Å². The van der Waals surface area contributed by atoms with E-state index in [4.69, 9.17) is 28.9 Å². The first-order valence-electron chi connectivity index (χ1n) is 4.39. The minimum atomic E-state index is 0.449. The van der Waals surface area contributed by atoms with Crippen molar-refractivity contribution in [3.8, 4) is 0 Å². The Morgan fingerprint density at radius 3 is 2.79 bits per heavy atom. The lowest BCUT2D eigenvalue weighted by atomic mass is 10.2. The Hall–Kier alpha value is 0.110. The van der Waals surface area contributed by atoms with Crippen LogP contribution in [-0.2, 0) is 5.75 Å². The molecular weight excluding hydrogens is 237 g/mol. The molecule has 14 heavy (non-hydrogen) atoms. The Morgan fingerprint density at radius 1 is 1.43 bits per heavy atom. The normalized spacial score (nSPS) is 12.9. The van der Waals surface area contributed by atoms with E-state index >= 15 is 0 Å². The van der Waals surface area contributed by atoms with Crippen molar-refractivity contribution in [3.63, 3.8) is 0 Å².